The molecule has 2 rings (SSSR count). The minimum atomic E-state index is -7.27. The summed E-state index contributed by atoms with van der Waals surface area (Å²) in [6, 6.07) is 3.68. The first-order valence-corrected chi connectivity index (χ1v) is 7.28. The van der Waals surface area contributed by atoms with Crippen molar-refractivity contribution in [1.82, 2.24) is 0 Å². The van der Waals surface area contributed by atoms with Gasteiger partial charge in [0.05, 0.1) is 6.10 Å². The highest BCUT2D eigenvalue weighted by atomic mass is 35.5. The van der Waals surface area contributed by atoms with Crippen molar-refractivity contribution in [3.05, 3.63) is 34.9 Å². The van der Waals surface area contributed by atoms with Crippen molar-refractivity contribution in [2.75, 3.05) is 0 Å². The van der Waals surface area contributed by atoms with Gasteiger partial charge in [0.25, 0.3) is 5.67 Å². The molecule has 27 heavy (non-hydrogen) atoms. The second-order valence-electron chi connectivity index (χ2n) is 5.95. The Labute approximate surface area is 148 Å². The van der Waals surface area contributed by atoms with E-state index in [1.807, 2.05) is 0 Å². The fourth-order valence-corrected chi connectivity index (χ4v) is 2.84. The highest BCUT2D eigenvalue weighted by Gasteiger charge is 3.00. The predicted octanol–water partition coefficient (Wildman–Crippen LogP) is 5.66. The van der Waals surface area contributed by atoms with E-state index in [4.69, 9.17) is 11.6 Å². The Kier molecular flexibility index (Phi) is 4.77. The summed E-state index contributed by atoms with van der Waals surface area (Å²) in [5.41, 5.74) is -6.90. The van der Waals surface area contributed by atoms with Gasteiger partial charge in [0, 0.05) is 11.4 Å². The molecule has 154 valence electrons. The van der Waals surface area contributed by atoms with Crippen LogP contribution in [0.25, 0.3) is 0 Å². The molecule has 1 aromatic carbocycles. The number of halogens is 12. The van der Waals surface area contributed by atoms with Crippen molar-refractivity contribution in [2.24, 2.45) is 0 Å². The molecule has 0 bridgehead atoms. The fourth-order valence-electron chi connectivity index (χ4n) is 2.64. The number of hydrogen-bond acceptors (Lipinski definition) is 1. The smallest absolute Gasteiger partial charge is 0.384 e. The van der Waals surface area contributed by atoms with Gasteiger partial charge in [0.15, 0.2) is 0 Å². The van der Waals surface area contributed by atoms with E-state index in [9.17, 15) is 53.4 Å². The Morgan fingerprint density at radius 2 is 1.15 bits per heavy atom. The van der Waals surface area contributed by atoms with Gasteiger partial charge in [-0.3, -0.25) is 0 Å². The largest absolute Gasteiger partial charge is 0.388 e. The van der Waals surface area contributed by atoms with Crippen molar-refractivity contribution >= 4 is 11.6 Å². The average Bonchev–Trinajstić information content (AvgIpc) is 2.52. The van der Waals surface area contributed by atoms with Crippen LogP contribution in [0.5, 0.6) is 0 Å². The van der Waals surface area contributed by atoms with E-state index in [-0.39, 0.29) is 5.02 Å². The molecule has 1 saturated carbocycles. The standard InChI is InChI=1S/C14H8ClF11O/c15-7-3-1-2-6(4-7)8(27)5-9(16)10(17,18)12(21,22)14(25,26)13(23,24)11(9,19)20/h1-4,8,27H,5H2. The lowest BCUT2D eigenvalue weighted by molar-refractivity contribution is -0.487. The summed E-state index contributed by atoms with van der Waals surface area (Å²) in [5.74, 6) is -35.6. The first-order valence-electron chi connectivity index (χ1n) is 6.90. The molecule has 0 spiro atoms. The van der Waals surface area contributed by atoms with E-state index in [2.05, 4.69) is 0 Å². The molecule has 0 amide bonds. The molecule has 13 heteroatoms. The monoisotopic (exact) mass is 436 g/mol. The van der Waals surface area contributed by atoms with Crippen LogP contribution in [0.1, 0.15) is 18.1 Å². The lowest BCUT2D eigenvalue weighted by atomic mass is 9.69. The second kappa shape index (κ2) is 5.85. The summed E-state index contributed by atoms with van der Waals surface area (Å²) in [6.45, 7) is 0. The zero-order valence-electron chi connectivity index (χ0n) is 12.6. The molecular weight excluding hydrogens is 429 g/mol. The first kappa shape index (κ1) is 22.0. The average molecular weight is 437 g/mol. The maximum Gasteiger partial charge on any atom is 0.384 e. The van der Waals surface area contributed by atoms with E-state index >= 15 is 0 Å². The maximum atomic E-state index is 14.5. The third-order valence-electron chi connectivity index (χ3n) is 4.28. The SMILES string of the molecule is OC(CC1(F)C(F)(F)C(F)(F)C(F)(F)C(F)(F)C1(F)F)c1cccc(Cl)c1. The van der Waals surface area contributed by atoms with Crippen molar-refractivity contribution in [3.8, 4) is 0 Å². The number of alkyl halides is 11. The van der Waals surface area contributed by atoms with Gasteiger partial charge in [-0.05, 0) is 17.7 Å². The van der Waals surface area contributed by atoms with Crippen molar-refractivity contribution in [2.45, 2.75) is 47.8 Å². The van der Waals surface area contributed by atoms with Gasteiger partial charge in [-0.1, -0.05) is 23.7 Å². The van der Waals surface area contributed by atoms with Crippen LogP contribution in [0.2, 0.25) is 5.02 Å². The second-order valence-corrected chi connectivity index (χ2v) is 6.38. The molecule has 1 aliphatic rings. The van der Waals surface area contributed by atoms with Crippen LogP contribution in [0.4, 0.5) is 48.3 Å². The number of aliphatic hydroxyl groups is 1. The summed E-state index contributed by atoms with van der Waals surface area (Å²) in [7, 11) is 0. The van der Waals surface area contributed by atoms with Gasteiger partial charge < -0.3 is 5.11 Å². The maximum absolute atomic E-state index is 14.5. The normalized spacial score (nSPS) is 27.7. The fraction of sp³-hybridized carbons (Fsp3) is 0.571. The molecule has 1 nitrogen and oxygen atoms in total. The third-order valence-corrected chi connectivity index (χ3v) is 4.52. The molecule has 0 heterocycles. The van der Waals surface area contributed by atoms with E-state index in [1.165, 1.54) is 0 Å². The molecule has 0 aliphatic heterocycles. The number of benzene rings is 1. The third kappa shape index (κ3) is 2.48. The van der Waals surface area contributed by atoms with Gasteiger partial charge in [0.2, 0.25) is 0 Å². The molecule has 1 aliphatic carbocycles. The highest BCUT2D eigenvalue weighted by Crippen LogP contribution is 2.70. The Morgan fingerprint density at radius 3 is 1.56 bits per heavy atom. The van der Waals surface area contributed by atoms with Crippen molar-refractivity contribution < 1.29 is 53.4 Å². The van der Waals surface area contributed by atoms with Crippen LogP contribution in [0, 0.1) is 0 Å². The zero-order valence-corrected chi connectivity index (χ0v) is 13.3. The van der Waals surface area contributed by atoms with Crippen molar-refractivity contribution in [1.29, 1.82) is 0 Å². The van der Waals surface area contributed by atoms with E-state index in [0.717, 1.165) is 24.3 Å². The first-order chi connectivity index (χ1) is 11.9. The summed E-state index contributed by atoms with van der Waals surface area (Å²) < 4.78 is 149. The van der Waals surface area contributed by atoms with Gasteiger partial charge in [-0.2, -0.15) is 43.9 Å². The van der Waals surface area contributed by atoms with Gasteiger partial charge in [0.1, 0.15) is 0 Å². The highest BCUT2D eigenvalue weighted by molar-refractivity contribution is 6.30. The van der Waals surface area contributed by atoms with Crippen LogP contribution in [-0.4, -0.2) is 40.4 Å². The number of rotatable bonds is 3. The molecule has 1 aromatic rings. The van der Waals surface area contributed by atoms with Gasteiger partial charge >= 0.3 is 29.6 Å². The number of hydrogen-bond donors (Lipinski definition) is 1. The summed E-state index contributed by atoms with van der Waals surface area (Å²) in [5, 5.41) is 9.42. The van der Waals surface area contributed by atoms with Crippen LogP contribution in [0.3, 0.4) is 0 Å². The molecule has 1 fully saturated rings. The Hall–Kier alpha value is -1.30. The van der Waals surface area contributed by atoms with Crippen LogP contribution < -0.4 is 0 Å². The lowest BCUT2D eigenvalue weighted by Gasteiger charge is -2.52. The zero-order chi connectivity index (χ0) is 21.3. The molecule has 1 N–H and O–H groups in total. The topological polar surface area (TPSA) is 20.2 Å². The van der Waals surface area contributed by atoms with Crippen LogP contribution in [0.15, 0.2) is 24.3 Å². The minimum absolute atomic E-state index is 0.233. The molecule has 1 unspecified atom stereocenters. The molecule has 0 radical (unpaired) electrons. The Morgan fingerprint density at radius 1 is 0.741 bits per heavy atom. The van der Waals surface area contributed by atoms with Gasteiger partial charge in [-0.15, -0.1) is 0 Å². The predicted molar refractivity (Wildman–Crippen MR) is 69.6 cm³/mol. The molecular formula is C14H8ClF11O. The Bertz CT molecular complexity index is 704. The molecule has 0 saturated heterocycles. The van der Waals surface area contributed by atoms with Crippen LogP contribution >= 0.6 is 11.6 Å². The van der Waals surface area contributed by atoms with Gasteiger partial charge in [-0.25, -0.2) is 4.39 Å². The lowest BCUT2D eigenvalue weighted by Crippen LogP contribution is -2.83. The minimum Gasteiger partial charge on any atom is -0.388 e. The van der Waals surface area contributed by atoms with E-state index < -0.39 is 53.4 Å². The van der Waals surface area contributed by atoms with Crippen LogP contribution in [-0.2, 0) is 0 Å². The summed E-state index contributed by atoms with van der Waals surface area (Å²) in [6.07, 6.45) is -5.52. The molecule has 0 aromatic heterocycles. The Balaban J connectivity index is 2.64. The summed E-state index contributed by atoms with van der Waals surface area (Å²) in [4.78, 5) is 0. The summed E-state index contributed by atoms with van der Waals surface area (Å²) >= 11 is 5.47. The molecule has 1 atom stereocenters. The number of aliphatic hydroxyl groups excluding tert-OH is 1. The van der Waals surface area contributed by atoms with Crippen molar-refractivity contribution in [3.63, 3.8) is 0 Å². The van der Waals surface area contributed by atoms with E-state index in [1.54, 1.807) is 0 Å². The van der Waals surface area contributed by atoms with E-state index in [0.29, 0.717) is 0 Å². The quantitative estimate of drug-likeness (QED) is 0.606.